The quantitative estimate of drug-likeness (QED) is 0.835. The van der Waals surface area contributed by atoms with Crippen LogP contribution in [0.2, 0.25) is 0 Å². The van der Waals surface area contributed by atoms with Gasteiger partial charge in [-0.2, -0.15) is 22.0 Å². The maximum atomic E-state index is 11.0. The number of rotatable bonds is 4. The van der Waals surface area contributed by atoms with Crippen molar-refractivity contribution in [2.45, 2.75) is 19.1 Å². The summed E-state index contributed by atoms with van der Waals surface area (Å²) in [4.78, 5) is 15.2. The summed E-state index contributed by atoms with van der Waals surface area (Å²) in [5.41, 5.74) is 2.33. The second kappa shape index (κ2) is 5.93. The maximum Gasteiger partial charge on any atom is 0.235 e. The van der Waals surface area contributed by atoms with Crippen molar-refractivity contribution in [3.05, 3.63) is 16.7 Å². The minimum Gasteiger partial charge on any atom is -0.481 e. The van der Waals surface area contributed by atoms with Crippen molar-refractivity contribution in [3.63, 3.8) is 0 Å². The third-order valence-electron chi connectivity index (χ3n) is 2.80. The molecule has 0 N–H and O–H groups in total. The number of nitriles is 1. The summed E-state index contributed by atoms with van der Waals surface area (Å²) < 4.78 is 10.6. The molecule has 0 aliphatic carbocycles. The zero-order valence-corrected chi connectivity index (χ0v) is 11.7. The lowest BCUT2D eigenvalue weighted by Gasteiger charge is -2.20. The summed E-state index contributed by atoms with van der Waals surface area (Å²) in [7, 11) is 1.54. The zero-order valence-electron chi connectivity index (χ0n) is 10.9. The maximum absolute atomic E-state index is 11.0. The van der Waals surface area contributed by atoms with E-state index >= 15 is 0 Å². The Hall–Kier alpha value is -1.74. The number of hydrogen-bond acceptors (Lipinski definition) is 6. The molecule has 2 rings (SSSR count). The van der Waals surface area contributed by atoms with Crippen LogP contribution in [0.15, 0.2) is 0 Å². The second-order valence-corrected chi connectivity index (χ2v) is 5.27. The Bertz CT molecular complexity index is 552. The van der Waals surface area contributed by atoms with Gasteiger partial charge in [0.1, 0.15) is 18.2 Å². The number of methoxy groups -OCH3 is 1. The molecule has 0 atom stereocenters. The molecule has 1 aliphatic heterocycles. The van der Waals surface area contributed by atoms with Crippen LogP contribution in [-0.2, 0) is 17.0 Å². The molecule has 19 heavy (non-hydrogen) atoms. The van der Waals surface area contributed by atoms with Crippen molar-refractivity contribution in [3.8, 4) is 17.8 Å². The number of carbonyl (C=O) groups excluding carboxylic acids is 1. The van der Waals surface area contributed by atoms with Crippen molar-refractivity contribution < 1.29 is 14.3 Å². The topological polar surface area (TPSA) is 72.2 Å². The Morgan fingerprint density at radius 3 is 2.89 bits per heavy atom. The minimum absolute atomic E-state index is 0.0849. The summed E-state index contributed by atoms with van der Waals surface area (Å²) in [6.45, 7) is 1.34. The van der Waals surface area contributed by atoms with Gasteiger partial charge in [-0.15, -0.1) is 0 Å². The number of fused-ring (bicyclic) bond motifs is 1. The molecule has 6 heteroatoms. The predicted octanol–water partition coefficient (Wildman–Crippen LogP) is 1.72. The van der Waals surface area contributed by atoms with E-state index in [0.717, 1.165) is 29.1 Å². The molecular weight excluding hydrogens is 264 g/mol. The molecule has 5 nitrogen and oxygen atoms in total. The standard InChI is InChI=1S/C13H14N2O3S/c1-8(16)6-18-13-10(5-14)9-3-4-19-7-11(9)12(15-13)17-2/h3-4,6-7H2,1-2H3. The first-order valence-corrected chi connectivity index (χ1v) is 7.02. The van der Waals surface area contributed by atoms with Crippen LogP contribution in [-0.4, -0.2) is 30.2 Å². The number of hydrogen-bond donors (Lipinski definition) is 0. The number of aromatic nitrogens is 1. The smallest absolute Gasteiger partial charge is 0.235 e. The molecular formula is C13H14N2O3S. The molecule has 2 heterocycles. The van der Waals surface area contributed by atoms with E-state index in [4.69, 9.17) is 9.47 Å². The number of ketones is 1. The third-order valence-corrected chi connectivity index (χ3v) is 3.79. The zero-order chi connectivity index (χ0) is 13.8. The first kappa shape index (κ1) is 13.7. The van der Waals surface area contributed by atoms with Crippen molar-refractivity contribution in [1.29, 1.82) is 5.26 Å². The van der Waals surface area contributed by atoms with Gasteiger partial charge in [0, 0.05) is 11.3 Å². The molecule has 0 saturated carbocycles. The Balaban J connectivity index is 2.48. The largest absolute Gasteiger partial charge is 0.481 e. The minimum atomic E-state index is -0.113. The van der Waals surface area contributed by atoms with Crippen LogP contribution in [0.4, 0.5) is 0 Å². The molecule has 1 aromatic heterocycles. The van der Waals surface area contributed by atoms with Crippen molar-refractivity contribution in [2.24, 2.45) is 0 Å². The average molecular weight is 278 g/mol. The summed E-state index contributed by atoms with van der Waals surface area (Å²) in [5.74, 6) is 2.31. The predicted molar refractivity (Wildman–Crippen MR) is 71.5 cm³/mol. The Kier molecular flexibility index (Phi) is 4.27. The SMILES string of the molecule is COc1nc(OCC(C)=O)c(C#N)c2c1CSCC2. The number of thioether (sulfide) groups is 1. The average Bonchev–Trinajstić information content (AvgIpc) is 2.43. The lowest BCUT2D eigenvalue weighted by atomic mass is 10.0. The van der Waals surface area contributed by atoms with E-state index in [9.17, 15) is 10.1 Å². The number of pyridine rings is 1. The van der Waals surface area contributed by atoms with Crippen LogP contribution >= 0.6 is 11.8 Å². The summed E-state index contributed by atoms with van der Waals surface area (Å²) in [6.07, 6.45) is 0.790. The van der Waals surface area contributed by atoms with Gasteiger partial charge >= 0.3 is 0 Å². The third kappa shape index (κ3) is 2.82. The lowest BCUT2D eigenvalue weighted by Crippen LogP contribution is -2.14. The Morgan fingerprint density at radius 2 is 2.26 bits per heavy atom. The van der Waals surface area contributed by atoms with E-state index in [2.05, 4.69) is 11.1 Å². The van der Waals surface area contributed by atoms with Gasteiger partial charge in [0.25, 0.3) is 0 Å². The van der Waals surface area contributed by atoms with Gasteiger partial charge in [-0.1, -0.05) is 0 Å². The van der Waals surface area contributed by atoms with Crippen molar-refractivity contribution in [2.75, 3.05) is 19.5 Å². The molecule has 1 aliphatic rings. The fraction of sp³-hybridized carbons (Fsp3) is 0.462. The van der Waals surface area contributed by atoms with E-state index < -0.39 is 0 Å². The number of Topliss-reactive ketones (excluding diaryl/α,β-unsaturated/α-hetero) is 1. The first-order valence-electron chi connectivity index (χ1n) is 5.87. The van der Waals surface area contributed by atoms with Gasteiger partial charge < -0.3 is 9.47 Å². The van der Waals surface area contributed by atoms with Gasteiger partial charge in [0.05, 0.1) is 7.11 Å². The van der Waals surface area contributed by atoms with Crippen LogP contribution in [0.1, 0.15) is 23.6 Å². The summed E-state index contributed by atoms with van der Waals surface area (Å²) >= 11 is 1.79. The molecule has 0 saturated heterocycles. The Morgan fingerprint density at radius 1 is 1.47 bits per heavy atom. The number of ether oxygens (including phenoxy) is 2. The molecule has 0 fully saturated rings. The van der Waals surface area contributed by atoms with Crippen molar-refractivity contribution in [1.82, 2.24) is 4.98 Å². The monoisotopic (exact) mass is 278 g/mol. The van der Waals surface area contributed by atoms with Crippen molar-refractivity contribution >= 4 is 17.5 Å². The van der Waals surface area contributed by atoms with Crippen LogP contribution in [0.5, 0.6) is 11.8 Å². The van der Waals surface area contributed by atoms with Crippen LogP contribution in [0, 0.1) is 11.3 Å². The molecule has 0 radical (unpaired) electrons. The van der Waals surface area contributed by atoms with Gasteiger partial charge in [-0.05, 0) is 24.7 Å². The summed E-state index contributed by atoms with van der Waals surface area (Å²) in [6, 6.07) is 2.14. The normalized spacial score (nSPS) is 13.3. The number of carbonyl (C=O) groups is 1. The van der Waals surface area contributed by atoms with Crippen LogP contribution in [0.25, 0.3) is 0 Å². The lowest BCUT2D eigenvalue weighted by molar-refractivity contribution is -0.119. The molecule has 0 bridgehead atoms. The highest BCUT2D eigenvalue weighted by Gasteiger charge is 2.24. The van der Waals surface area contributed by atoms with Gasteiger partial charge in [0.15, 0.2) is 5.78 Å². The van der Waals surface area contributed by atoms with E-state index in [0.29, 0.717) is 11.4 Å². The van der Waals surface area contributed by atoms with E-state index in [1.54, 1.807) is 18.9 Å². The van der Waals surface area contributed by atoms with Gasteiger partial charge in [0.2, 0.25) is 11.8 Å². The highest BCUT2D eigenvalue weighted by atomic mass is 32.2. The van der Waals surface area contributed by atoms with E-state index in [1.165, 1.54) is 6.92 Å². The molecule has 0 aromatic carbocycles. The molecule has 0 spiro atoms. The summed E-state index contributed by atoms with van der Waals surface area (Å²) in [5, 5.41) is 9.30. The molecule has 100 valence electrons. The molecule has 0 unspecified atom stereocenters. The Labute approximate surface area is 115 Å². The first-order chi connectivity index (χ1) is 9.17. The van der Waals surface area contributed by atoms with Crippen LogP contribution in [0.3, 0.4) is 0 Å². The van der Waals surface area contributed by atoms with Gasteiger partial charge in [-0.3, -0.25) is 4.79 Å². The van der Waals surface area contributed by atoms with Crippen LogP contribution < -0.4 is 9.47 Å². The highest BCUT2D eigenvalue weighted by Crippen LogP contribution is 2.36. The molecule has 1 aromatic rings. The fourth-order valence-corrected chi connectivity index (χ4v) is 2.95. The van der Waals surface area contributed by atoms with Gasteiger partial charge in [-0.25, -0.2) is 0 Å². The van der Waals surface area contributed by atoms with E-state index in [1.807, 2.05) is 0 Å². The highest BCUT2D eigenvalue weighted by molar-refractivity contribution is 7.98. The second-order valence-electron chi connectivity index (χ2n) is 4.16. The fourth-order valence-electron chi connectivity index (χ4n) is 1.96. The molecule has 0 amide bonds. The van der Waals surface area contributed by atoms with E-state index in [-0.39, 0.29) is 18.3 Å². The number of nitrogens with zero attached hydrogens (tertiary/aromatic N) is 2.